The summed E-state index contributed by atoms with van der Waals surface area (Å²) in [5, 5.41) is 13.8. The van der Waals surface area contributed by atoms with E-state index in [-0.39, 0.29) is 0 Å². The van der Waals surface area contributed by atoms with Gasteiger partial charge < -0.3 is 14.8 Å². The van der Waals surface area contributed by atoms with Crippen LogP contribution in [0.5, 0.6) is 0 Å². The molecule has 0 bridgehead atoms. The van der Waals surface area contributed by atoms with Gasteiger partial charge in [-0.25, -0.2) is 0 Å². The average Bonchev–Trinajstić information content (AvgIpc) is 2.76. The van der Waals surface area contributed by atoms with Gasteiger partial charge in [0, 0.05) is 6.04 Å². The minimum absolute atomic E-state index is 0.560. The van der Waals surface area contributed by atoms with Crippen LogP contribution in [-0.4, -0.2) is 17.7 Å². The van der Waals surface area contributed by atoms with E-state index in [1.807, 2.05) is 12.1 Å². The summed E-state index contributed by atoms with van der Waals surface area (Å²) in [6.07, 6.45) is 5.25. The third kappa shape index (κ3) is 2.24. The normalized spacial score (nSPS) is 31.7. The summed E-state index contributed by atoms with van der Waals surface area (Å²) in [5.41, 5.74) is -0.727. The van der Waals surface area contributed by atoms with E-state index < -0.39 is 5.60 Å². The number of furan rings is 1. The van der Waals surface area contributed by atoms with Crippen molar-refractivity contribution >= 4 is 0 Å². The predicted octanol–water partition coefficient (Wildman–Crippen LogP) is 2.02. The minimum atomic E-state index is -0.727. The molecule has 0 aromatic carbocycles. The molecular formula is C12H19NO2. The fraction of sp³-hybridized carbons (Fsp3) is 0.667. The molecule has 0 saturated heterocycles. The van der Waals surface area contributed by atoms with Gasteiger partial charge >= 0.3 is 0 Å². The van der Waals surface area contributed by atoms with Crippen molar-refractivity contribution in [2.45, 2.75) is 44.2 Å². The van der Waals surface area contributed by atoms with Gasteiger partial charge in [0.05, 0.1) is 6.26 Å². The van der Waals surface area contributed by atoms with Gasteiger partial charge in [-0.2, -0.15) is 0 Å². The minimum Gasteiger partial charge on any atom is -0.466 e. The van der Waals surface area contributed by atoms with Gasteiger partial charge in [0.15, 0.2) is 0 Å². The van der Waals surface area contributed by atoms with Gasteiger partial charge in [0.1, 0.15) is 11.4 Å². The Hall–Kier alpha value is -0.800. The molecular weight excluding hydrogens is 190 g/mol. The molecule has 15 heavy (non-hydrogen) atoms. The van der Waals surface area contributed by atoms with Crippen LogP contribution in [0.1, 0.15) is 38.4 Å². The summed E-state index contributed by atoms with van der Waals surface area (Å²) in [5.74, 6) is 0.720. The quantitative estimate of drug-likeness (QED) is 0.800. The Labute approximate surface area is 90.5 Å². The molecule has 1 aromatic rings. The van der Waals surface area contributed by atoms with Crippen LogP contribution < -0.4 is 5.32 Å². The summed E-state index contributed by atoms with van der Waals surface area (Å²) >= 11 is 0. The summed E-state index contributed by atoms with van der Waals surface area (Å²) in [4.78, 5) is 0. The van der Waals surface area contributed by atoms with Crippen LogP contribution in [0.4, 0.5) is 0 Å². The molecule has 2 N–H and O–H groups in total. The molecule has 1 saturated carbocycles. The van der Waals surface area contributed by atoms with Crippen molar-refractivity contribution in [2.75, 3.05) is 6.54 Å². The smallest absolute Gasteiger partial charge is 0.135 e. The number of hydrogen-bond donors (Lipinski definition) is 2. The second-order valence-electron chi connectivity index (χ2n) is 4.34. The highest BCUT2D eigenvalue weighted by Crippen LogP contribution is 2.37. The Kier molecular flexibility index (Phi) is 3.12. The largest absolute Gasteiger partial charge is 0.466 e. The first-order valence-corrected chi connectivity index (χ1v) is 5.74. The fourth-order valence-electron chi connectivity index (χ4n) is 2.38. The molecule has 0 amide bonds. The first kappa shape index (κ1) is 10.7. The molecule has 2 rings (SSSR count). The summed E-state index contributed by atoms with van der Waals surface area (Å²) in [7, 11) is 0. The van der Waals surface area contributed by atoms with E-state index in [9.17, 15) is 5.11 Å². The summed E-state index contributed by atoms with van der Waals surface area (Å²) < 4.78 is 5.30. The molecule has 1 fully saturated rings. The number of nitrogens with one attached hydrogen (secondary N) is 1. The maximum absolute atomic E-state index is 10.4. The maximum Gasteiger partial charge on any atom is 0.135 e. The van der Waals surface area contributed by atoms with Gasteiger partial charge in [-0.15, -0.1) is 0 Å². The van der Waals surface area contributed by atoms with Crippen LogP contribution in [0, 0.1) is 0 Å². The van der Waals surface area contributed by atoms with Crippen molar-refractivity contribution < 1.29 is 9.52 Å². The number of rotatable bonds is 3. The van der Waals surface area contributed by atoms with Gasteiger partial charge in [-0.05, 0) is 44.4 Å². The van der Waals surface area contributed by atoms with E-state index >= 15 is 0 Å². The topological polar surface area (TPSA) is 45.4 Å². The zero-order valence-electron chi connectivity index (χ0n) is 9.20. The molecule has 1 heterocycles. The van der Waals surface area contributed by atoms with Gasteiger partial charge in [-0.3, -0.25) is 0 Å². The fourth-order valence-corrected chi connectivity index (χ4v) is 2.38. The van der Waals surface area contributed by atoms with E-state index in [0.29, 0.717) is 6.04 Å². The Balaban J connectivity index is 1.97. The highest BCUT2D eigenvalue weighted by molar-refractivity contribution is 5.10. The third-order valence-corrected chi connectivity index (χ3v) is 3.29. The summed E-state index contributed by atoms with van der Waals surface area (Å²) in [6, 6.07) is 4.27. The van der Waals surface area contributed by atoms with Crippen molar-refractivity contribution in [2.24, 2.45) is 0 Å². The highest BCUT2D eigenvalue weighted by atomic mass is 16.4. The molecule has 1 aliphatic rings. The molecule has 3 heteroatoms. The Morgan fingerprint density at radius 2 is 2.27 bits per heavy atom. The monoisotopic (exact) mass is 209 g/mol. The molecule has 0 atom stereocenters. The molecule has 0 unspecified atom stereocenters. The van der Waals surface area contributed by atoms with E-state index in [1.54, 1.807) is 6.26 Å². The van der Waals surface area contributed by atoms with E-state index in [4.69, 9.17) is 4.42 Å². The first-order valence-electron chi connectivity index (χ1n) is 5.74. The predicted molar refractivity (Wildman–Crippen MR) is 58.5 cm³/mol. The lowest BCUT2D eigenvalue weighted by Gasteiger charge is -2.34. The number of hydrogen-bond acceptors (Lipinski definition) is 3. The molecule has 0 radical (unpaired) electrons. The second-order valence-corrected chi connectivity index (χ2v) is 4.34. The van der Waals surface area contributed by atoms with E-state index in [2.05, 4.69) is 12.2 Å². The highest BCUT2D eigenvalue weighted by Gasteiger charge is 2.36. The van der Waals surface area contributed by atoms with Crippen LogP contribution in [0.2, 0.25) is 0 Å². The zero-order valence-corrected chi connectivity index (χ0v) is 9.20. The van der Waals surface area contributed by atoms with Crippen LogP contribution in [-0.2, 0) is 5.60 Å². The van der Waals surface area contributed by atoms with Crippen molar-refractivity contribution in [1.29, 1.82) is 0 Å². The third-order valence-electron chi connectivity index (χ3n) is 3.29. The molecule has 0 spiro atoms. The Morgan fingerprint density at radius 1 is 1.53 bits per heavy atom. The van der Waals surface area contributed by atoms with Gasteiger partial charge in [0.2, 0.25) is 0 Å². The number of aliphatic hydroxyl groups is 1. The molecule has 1 aliphatic carbocycles. The lowest BCUT2D eigenvalue weighted by Crippen LogP contribution is -2.39. The van der Waals surface area contributed by atoms with Crippen LogP contribution in [0.15, 0.2) is 22.8 Å². The molecule has 84 valence electrons. The maximum atomic E-state index is 10.4. The van der Waals surface area contributed by atoms with Crippen molar-refractivity contribution in [1.82, 2.24) is 5.32 Å². The lowest BCUT2D eigenvalue weighted by molar-refractivity contribution is -0.0265. The van der Waals surface area contributed by atoms with Crippen LogP contribution in [0.25, 0.3) is 0 Å². The average molecular weight is 209 g/mol. The van der Waals surface area contributed by atoms with E-state index in [0.717, 1.165) is 38.0 Å². The summed E-state index contributed by atoms with van der Waals surface area (Å²) in [6.45, 7) is 3.12. The van der Waals surface area contributed by atoms with Crippen molar-refractivity contribution in [3.05, 3.63) is 24.2 Å². The van der Waals surface area contributed by atoms with E-state index in [1.165, 1.54) is 0 Å². The standard InChI is InChI=1S/C12H19NO2/c1-2-13-10-5-7-12(14,8-6-10)11-4-3-9-15-11/h3-4,9-10,13-14H,2,5-8H2,1H3. The molecule has 3 nitrogen and oxygen atoms in total. The van der Waals surface area contributed by atoms with Gasteiger partial charge in [0.25, 0.3) is 0 Å². The Bertz CT molecular complexity index is 287. The lowest BCUT2D eigenvalue weighted by atomic mass is 9.80. The van der Waals surface area contributed by atoms with Crippen LogP contribution in [0.3, 0.4) is 0 Å². The molecule has 0 aliphatic heterocycles. The SMILES string of the molecule is CCNC1CCC(O)(c2ccco2)CC1. The van der Waals surface area contributed by atoms with Crippen molar-refractivity contribution in [3.63, 3.8) is 0 Å². The zero-order chi connectivity index (χ0) is 10.7. The Morgan fingerprint density at radius 3 is 2.80 bits per heavy atom. The molecule has 1 aromatic heterocycles. The van der Waals surface area contributed by atoms with Crippen molar-refractivity contribution in [3.8, 4) is 0 Å². The first-order chi connectivity index (χ1) is 7.24. The van der Waals surface area contributed by atoms with Gasteiger partial charge in [-0.1, -0.05) is 6.92 Å². The van der Waals surface area contributed by atoms with Crippen LogP contribution >= 0.6 is 0 Å². The second kappa shape index (κ2) is 4.37.